The quantitative estimate of drug-likeness (QED) is 0.768. The van der Waals surface area contributed by atoms with Crippen molar-refractivity contribution in [2.75, 3.05) is 7.05 Å². The number of rotatable bonds is 2. The number of nitrogens with zero attached hydrogens (tertiary/aromatic N) is 1. The molecule has 1 saturated heterocycles. The summed E-state index contributed by atoms with van der Waals surface area (Å²) in [4.78, 5) is 14.3. The second-order valence-electron chi connectivity index (χ2n) is 5.22. The number of benzene rings is 2. The van der Waals surface area contributed by atoms with Crippen LogP contribution in [0.25, 0.3) is 0 Å². The van der Waals surface area contributed by atoms with Crippen LogP contribution in [0.15, 0.2) is 46.9 Å². The molecule has 23 heavy (non-hydrogen) atoms. The van der Waals surface area contributed by atoms with Gasteiger partial charge in [-0.05, 0) is 63.5 Å². The van der Waals surface area contributed by atoms with Gasteiger partial charge in [0.15, 0.2) is 10.7 Å². The third kappa shape index (κ3) is 2.40. The zero-order valence-electron chi connectivity index (χ0n) is 12.0. The fraction of sp³-hybridized carbons (Fsp3) is 0.125. The molecule has 0 radical (unpaired) electrons. The Morgan fingerprint density at radius 1 is 1.22 bits per heavy atom. The average Bonchev–Trinajstić information content (AvgIpc) is 2.76. The average molecular weight is 395 g/mol. The van der Waals surface area contributed by atoms with Gasteiger partial charge in [-0.3, -0.25) is 9.69 Å². The van der Waals surface area contributed by atoms with Crippen LogP contribution >= 0.6 is 28.1 Å². The van der Waals surface area contributed by atoms with Crippen molar-refractivity contribution in [1.29, 1.82) is 0 Å². The van der Waals surface area contributed by atoms with Gasteiger partial charge in [-0.2, -0.15) is 0 Å². The van der Waals surface area contributed by atoms with Crippen molar-refractivity contribution in [2.24, 2.45) is 0 Å². The van der Waals surface area contributed by atoms with Crippen molar-refractivity contribution in [3.05, 3.63) is 63.9 Å². The van der Waals surface area contributed by atoms with Gasteiger partial charge in [-0.15, -0.1) is 0 Å². The molecular formula is C16H12BrFN2O2S. The molecule has 118 valence electrons. The number of carbonyl (C=O) groups excluding carboxylic acids is 1. The Morgan fingerprint density at radius 2 is 1.83 bits per heavy atom. The lowest BCUT2D eigenvalue weighted by Crippen LogP contribution is -2.45. The van der Waals surface area contributed by atoms with Crippen LogP contribution in [-0.4, -0.2) is 28.1 Å². The molecule has 0 saturated carbocycles. The molecular weight excluding hydrogens is 383 g/mol. The van der Waals surface area contributed by atoms with Crippen LogP contribution in [0.5, 0.6) is 5.75 Å². The summed E-state index contributed by atoms with van der Waals surface area (Å²) in [5.74, 6) is -0.603. The van der Waals surface area contributed by atoms with Crippen molar-refractivity contribution >= 4 is 39.2 Å². The van der Waals surface area contributed by atoms with Gasteiger partial charge in [0.05, 0.1) is 4.47 Å². The van der Waals surface area contributed by atoms with E-state index >= 15 is 0 Å². The van der Waals surface area contributed by atoms with Crippen molar-refractivity contribution in [2.45, 2.75) is 5.54 Å². The molecule has 2 N–H and O–H groups in total. The molecule has 1 unspecified atom stereocenters. The maximum Gasteiger partial charge on any atom is 0.263 e. The number of likely N-dealkylation sites (N-methyl/N-ethyl adjacent to an activating group) is 1. The molecule has 0 spiro atoms. The standard InChI is InChI=1S/C16H12BrFN2O2S/c1-20-14(22)16(19-15(20)23,9-2-5-11(21)6-3-9)10-4-7-13(18)12(17)8-10/h2-8,21H,1H3,(H,19,23). The zero-order valence-corrected chi connectivity index (χ0v) is 14.4. The number of carbonyl (C=O) groups is 1. The SMILES string of the molecule is CN1C(=O)C(c2ccc(O)cc2)(c2ccc(F)c(Br)c2)NC1=S. The van der Waals surface area contributed by atoms with E-state index in [1.165, 1.54) is 23.1 Å². The minimum atomic E-state index is -1.25. The van der Waals surface area contributed by atoms with E-state index in [4.69, 9.17) is 12.2 Å². The maximum atomic E-state index is 13.6. The molecule has 1 atom stereocenters. The number of hydrogen-bond donors (Lipinski definition) is 2. The lowest BCUT2D eigenvalue weighted by atomic mass is 9.82. The number of thiocarbonyl (C=S) groups is 1. The lowest BCUT2D eigenvalue weighted by molar-refractivity contribution is -0.129. The van der Waals surface area contributed by atoms with Crippen LogP contribution in [0.4, 0.5) is 4.39 Å². The highest BCUT2D eigenvalue weighted by molar-refractivity contribution is 9.10. The van der Waals surface area contributed by atoms with Gasteiger partial charge < -0.3 is 10.4 Å². The number of aromatic hydroxyl groups is 1. The van der Waals surface area contributed by atoms with Crippen molar-refractivity contribution in [3.63, 3.8) is 0 Å². The third-order valence-electron chi connectivity index (χ3n) is 3.88. The molecule has 1 amide bonds. The minimum Gasteiger partial charge on any atom is -0.508 e. The van der Waals surface area contributed by atoms with E-state index in [-0.39, 0.29) is 21.2 Å². The molecule has 1 aliphatic heterocycles. The fourth-order valence-corrected chi connectivity index (χ4v) is 3.26. The Labute approximate surface area is 146 Å². The van der Waals surface area contributed by atoms with Gasteiger partial charge in [-0.1, -0.05) is 18.2 Å². The molecule has 2 aromatic carbocycles. The highest BCUT2D eigenvalue weighted by Gasteiger charge is 2.50. The molecule has 1 heterocycles. The van der Waals surface area contributed by atoms with Crippen LogP contribution in [0.3, 0.4) is 0 Å². The molecule has 4 nitrogen and oxygen atoms in total. The lowest BCUT2D eigenvalue weighted by Gasteiger charge is -2.28. The number of nitrogens with one attached hydrogen (secondary N) is 1. The number of hydrogen-bond acceptors (Lipinski definition) is 3. The largest absolute Gasteiger partial charge is 0.508 e. The van der Waals surface area contributed by atoms with Gasteiger partial charge >= 0.3 is 0 Å². The van der Waals surface area contributed by atoms with Gasteiger partial charge in [0.2, 0.25) is 0 Å². The molecule has 0 aliphatic carbocycles. The molecule has 0 aromatic heterocycles. The van der Waals surface area contributed by atoms with E-state index in [2.05, 4.69) is 21.2 Å². The Balaban J connectivity index is 2.26. The first-order valence-corrected chi connectivity index (χ1v) is 7.91. The second-order valence-corrected chi connectivity index (χ2v) is 6.46. The fourth-order valence-electron chi connectivity index (χ4n) is 2.64. The Kier molecular flexibility index (Phi) is 3.85. The predicted octanol–water partition coefficient (Wildman–Crippen LogP) is 2.88. The molecule has 7 heteroatoms. The summed E-state index contributed by atoms with van der Waals surface area (Å²) in [6.45, 7) is 0. The molecule has 1 aliphatic rings. The summed E-state index contributed by atoms with van der Waals surface area (Å²) in [6.07, 6.45) is 0. The Morgan fingerprint density at radius 3 is 2.35 bits per heavy atom. The van der Waals surface area contributed by atoms with Crippen LogP contribution < -0.4 is 5.32 Å². The molecule has 2 aromatic rings. The van der Waals surface area contributed by atoms with Gasteiger partial charge in [0.1, 0.15) is 11.6 Å². The normalized spacial score (nSPS) is 20.7. The second kappa shape index (κ2) is 5.58. The summed E-state index contributed by atoms with van der Waals surface area (Å²) in [7, 11) is 1.58. The number of phenols is 1. The Bertz CT molecular complexity index is 812. The topological polar surface area (TPSA) is 52.6 Å². The van der Waals surface area contributed by atoms with Gasteiger partial charge in [0, 0.05) is 7.05 Å². The van der Waals surface area contributed by atoms with Crippen molar-refractivity contribution < 1.29 is 14.3 Å². The molecule has 0 bridgehead atoms. The summed E-state index contributed by atoms with van der Waals surface area (Å²) < 4.78 is 13.8. The van der Waals surface area contributed by atoms with Crippen molar-refractivity contribution in [3.8, 4) is 5.75 Å². The van der Waals surface area contributed by atoms with Crippen LogP contribution in [-0.2, 0) is 10.3 Å². The number of halogens is 2. The summed E-state index contributed by atoms with van der Waals surface area (Å²) in [5.41, 5.74) is -0.103. The highest BCUT2D eigenvalue weighted by Crippen LogP contribution is 2.37. The monoisotopic (exact) mass is 394 g/mol. The summed E-state index contributed by atoms with van der Waals surface area (Å²) in [5, 5.41) is 12.8. The van der Waals surface area contributed by atoms with E-state index in [1.807, 2.05) is 0 Å². The smallest absolute Gasteiger partial charge is 0.263 e. The number of amides is 1. The maximum absolute atomic E-state index is 13.6. The predicted molar refractivity (Wildman–Crippen MR) is 91.5 cm³/mol. The third-order valence-corrected chi connectivity index (χ3v) is 4.86. The summed E-state index contributed by atoms with van der Waals surface area (Å²) >= 11 is 8.36. The van der Waals surface area contributed by atoms with E-state index in [9.17, 15) is 14.3 Å². The van der Waals surface area contributed by atoms with Crippen LogP contribution in [0.2, 0.25) is 0 Å². The zero-order chi connectivity index (χ0) is 16.8. The molecule has 1 fully saturated rings. The van der Waals surface area contributed by atoms with Gasteiger partial charge in [-0.25, -0.2) is 4.39 Å². The van der Waals surface area contributed by atoms with E-state index in [0.29, 0.717) is 11.1 Å². The molecule has 3 rings (SSSR count). The minimum absolute atomic E-state index is 0.0885. The van der Waals surface area contributed by atoms with Crippen molar-refractivity contribution in [1.82, 2.24) is 10.2 Å². The Hall–Kier alpha value is -1.99. The van der Waals surface area contributed by atoms with Crippen LogP contribution in [0.1, 0.15) is 11.1 Å². The van der Waals surface area contributed by atoms with Crippen LogP contribution in [0, 0.1) is 5.82 Å². The van der Waals surface area contributed by atoms with E-state index in [0.717, 1.165) is 0 Å². The van der Waals surface area contributed by atoms with E-state index < -0.39 is 11.4 Å². The summed E-state index contributed by atoms with van der Waals surface area (Å²) in [6, 6.07) is 10.6. The van der Waals surface area contributed by atoms with E-state index in [1.54, 1.807) is 31.3 Å². The highest BCUT2D eigenvalue weighted by atomic mass is 79.9. The first-order chi connectivity index (χ1) is 10.9. The first kappa shape index (κ1) is 15.9. The van der Waals surface area contributed by atoms with Gasteiger partial charge in [0.25, 0.3) is 5.91 Å². The number of phenolic OH excluding ortho intramolecular Hbond substituents is 1. The first-order valence-electron chi connectivity index (χ1n) is 6.71.